The van der Waals surface area contributed by atoms with E-state index in [1.807, 2.05) is 37.3 Å². The summed E-state index contributed by atoms with van der Waals surface area (Å²) >= 11 is 0. The fourth-order valence-corrected chi connectivity index (χ4v) is 4.15. The number of rotatable bonds is 6. The predicted octanol–water partition coefficient (Wildman–Crippen LogP) is 4.76. The van der Waals surface area contributed by atoms with Gasteiger partial charge < -0.3 is 10.3 Å². The molecule has 10 heteroatoms. The second-order valence-electron chi connectivity index (χ2n) is 8.33. The van der Waals surface area contributed by atoms with Crippen molar-refractivity contribution in [1.82, 2.24) is 40.1 Å². The van der Waals surface area contributed by atoms with Crippen molar-refractivity contribution in [3.05, 3.63) is 67.5 Å². The Kier molecular flexibility index (Phi) is 5.38. The molecule has 176 valence electrons. The highest BCUT2D eigenvalue weighted by atomic mass is 16.1. The highest BCUT2D eigenvalue weighted by Gasteiger charge is 2.17. The summed E-state index contributed by atoms with van der Waals surface area (Å²) in [6, 6.07) is 9.64. The van der Waals surface area contributed by atoms with Gasteiger partial charge in [0.05, 0.1) is 34.8 Å². The first-order valence-corrected chi connectivity index (χ1v) is 11.5. The molecule has 6 heterocycles. The van der Waals surface area contributed by atoms with Crippen LogP contribution < -0.4 is 5.32 Å². The topological polar surface area (TPSA) is 138 Å². The smallest absolute Gasteiger partial charge is 0.224 e. The zero-order valence-electron chi connectivity index (χ0n) is 19.4. The van der Waals surface area contributed by atoms with E-state index in [4.69, 9.17) is 4.98 Å². The number of imidazole rings is 1. The molecular weight excluding hydrogens is 454 g/mol. The second-order valence-corrected chi connectivity index (χ2v) is 8.33. The largest absolute Gasteiger partial charge is 0.335 e. The number of anilines is 1. The van der Waals surface area contributed by atoms with Crippen LogP contribution in [0.15, 0.2) is 67.5 Å². The van der Waals surface area contributed by atoms with Crippen molar-refractivity contribution in [3.63, 3.8) is 0 Å². The van der Waals surface area contributed by atoms with Gasteiger partial charge in [-0.3, -0.25) is 24.8 Å². The molecule has 0 saturated heterocycles. The Hall–Kier alpha value is -4.99. The lowest BCUT2D eigenvalue weighted by atomic mass is 10.1. The molecule has 0 fully saturated rings. The summed E-state index contributed by atoms with van der Waals surface area (Å²) in [5, 5.41) is 11.3. The molecule has 0 aliphatic heterocycles. The molecule has 1 amide bonds. The van der Waals surface area contributed by atoms with Crippen LogP contribution in [0.1, 0.15) is 19.8 Å². The fraction of sp³-hybridized carbons (Fsp3) is 0.115. The molecule has 10 nitrogen and oxygen atoms in total. The van der Waals surface area contributed by atoms with Gasteiger partial charge in [-0.05, 0) is 42.3 Å². The van der Waals surface area contributed by atoms with E-state index in [1.54, 1.807) is 37.2 Å². The molecule has 0 unspecified atom stereocenters. The fourth-order valence-electron chi connectivity index (χ4n) is 4.15. The number of aromatic amines is 2. The first-order valence-electron chi connectivity index (χ1n) is 11.5. The van der Waals surface area contributed by atoms with E-state index in [9.17, 15) is 4.79 Å². The lowest BCUT2D eigenvalue weighted by Gasteiger charge is -2.06. The van der Waals surface area contributed by atoms with Gasteiger partial charge in [-0.2, -0.15) is 5.10 Å². The minimum atomic E-state index is -0.0402. The van der Waals surface area contributed by atoms with Crippen molar-refractivity contribution in [2.75, 3.05) is 5.32 Å². The minimum absolute atomic E-state index is 0.0402. The Balaban J connectivity index is 1.40. The van der Waals surface area contributed by atoms with E-state index >= 15 is 0 Å². The van der Waals surface area contributed by atoms with Gasteiger partial charge in [0.2, 0.25) is 5.91 Å². The lowest BCUT2D eigenvalue weighted by Crippen LogP contribution is -2.10. The summed E-state index contributed by atoms with van der Waals surface area (Å²) in [7, 11) is 0. The van der Waals surface area contributed by atoms with Gasteiger partial charge in [0, 0.05) is 47.7 Å². The number of nitrogens with one attached hydrogen (secondary N) is 3. The maximum atomic E-state index is 12.0. The van der Waals surface area contributed by atoms with Crippen LogP contribution in [-0.2, 0) is 4.79 Å². The molecule has 0 aliphatic rings. The normalized spacial score (nSPS) is 11.2. The number of carbonyl (C=O) groups is 1. The maximum Gasteiger partial charge on any atom is 0.224 e. The van der Waals surface area contributed by atoms with E-state index in [0.29, 0.717) is 35.0 Å². The van der Waals surface area contributed by atoms with Crippen LogP contribution >= 0.6 is 0 Å². The summed E-state index contributed by atoms with van der Waals surface area (Å²) in [5.41, 5.74) is 6.98. The Morgan fingerprint density at radius 2 is 1.86 bits per heavy atom. The quantitative estimate of drug-likeness (QED) is 0.316. The number of aromatic nitrogens is 8. The minimum Gasteiger partial charge on any atom is -0.335 e. The number of carbonyl (C=O) groups excluding carboxylic acids is 1. The van der Waals surface area contributed by atoms with E-state index in [2.05, 4.69) is 40.4 Å². The van der Waals surface area contributed by atoms with E-state index < -0.39 is 0 Å². The van der Waals surface area contributed by atoms with Gasteiger partial charge in [0.1, 0.15) is 5.69 Å². The van der Waals surface area contributed by atoms with Crippen molar-refractivity contribution in [1.29, 1.82) is 0 Å². The zero-order chi connectivity index (χ0) is 24.5. The van der Waals surface area contributed by atoms with Crippen LogP contribution in [0.2, 0.25) is 0 Å². The third-order valence-corrected chi connectivity index (χ3v) is 5.85. The highest BCUT2D eigenvalue weighted by molar-refractivity contribution is 5.97. The van der Waals surface area contributed by atoms with Gasteiger partial charge in [-0.1, -0.05) is 6.92 Å². The van der Waals surface area contributed by atoms with Gasteiger partial charge in [-0.15, -0.1) is 0 Å². The average molecular weight is 476 g/mol. The number of hydrogen-bond donors (Lipinski definition) is 3. The van der Waals surface area contributed by atoms with E-state index in [0.717, 1.165) is 39.5 Å². The summed E-state index contributed by atoms with van der Waals surface area (Å²) in [6.45, 7) is 1.97. The molecule has 0 radical (unpaired) electrons. The molecule has 0 aliphatic carbocycles. The standard InChI is InChI=1S/C26H21N9O/c1-2-3-22(36)31-17-10-16(12-28-13-17)20-11-19-21(14-30-20)34-35-24(19)26-32-23-18(6-9-29-25(23)33-26)15-4-7-27-8-5-15/h4-14H,2-3H2,1H3,(H,31,36)(H,34,35)(H,29,32,33). The highest BCUT2D eigenvalue weighted by Crippen LogP contribution is 2.31. The molecule has 0 aromatic carbocycles. The number of nitrogens with zero attached hydrogens (tertiary/aromatic N) is 6. The second kappa shape index (κ2) is 8.99. The number of hydrogen-bond acceptors (Lipinski definition) is 7. The van der Waals surface area contributed by atoms with Gasteiger partial charge in [-0.25, -0.2) is 9.97 Å². The molecule has 36 heavy (non-hydrogen) atoms. The molecule has 3 N–H and O–H groups in total. The van der Waals surface area contributed by atoms with Crippen molar-refractivity contribution in [2.45, 2.75) is 19.8 Å². The number of pyridine rings is 4. The maximum absolute atomic E-state index is 12.0. The Morgan fingerprint density at radius 3 is 2.72 bits per heavy atom. The molecule has 0 atom stereocenters. The molecule has 6 aromatic rings. The third kappa shape index (κ3) is 3.94. The molecule has 0 bridgehead atoms. The van der Waals surface area contributed by atoms with Crippen LogP contribution in [0.4, 0.5) is 5.69 Å². The average Bonchev–Trinajstić information content (AvgIpc) is 3.53. The third-order valence-electron chi connectivity index (χ3n) is 5.85. The van der Waals surface area contributed by atoms with Crippen LogP contribution in [0.3, 0.4) is 0 Å². The van der Waals surface area contributed by atoms with Crippen molar-refractivity contribution < 1.29 is 4.79 Å². The van der Waals surface area contributed by atoms with E-state index in [-0.39, 0.29) is 5.91 Å². The summed E-state index contributed by atoms with van der Waals surface area (Å²) < 4.78 is 0. The Morgan fingerprint density at radius 1 is 0.972 bits per heavy atom. The number of amides is 1. The molecule has 0 saturated carbocycles. The van der Waals surface area contributed by atoms with Gasteiger partial charge in [0.25, 0.3) is 0 Å². The van der Waals surface area contributed by atoms with Gasteiger partial charge >= 0.3 is 0 Å². The Labute approximate surface area is 205 Å². The number of H-pyrrole nitrogens is 2. The predicted molar refractivity (Wildman–Crippen MR) is 137 cm³/mol. The molecular formula is C26H21N9O. The monoisotopic (exact) mass is 475 g/mol. The van der Waals surface area contributed by atoms with Crippen molar-refractivity contribution >= 4 is 33.7 Å². The SMILES string of the molecule is CCCC(=O)Nc1cncc(-c2cc3c(-c4nc5nccc(-c6ccncc6)c5[nH]4)n[nH]c3cn2)c1. The molecule has 6 aromatic heterocycles. The summed E-state index contributed by atoms with van der Waals surface area (Å²) in [5.74, 6) is 0.558. The molecule has 6 rings (SSSR count). The summed E-state index contributed by atoms with van der Waals surface area (Å²) in [6.07, 6.45) is 11.6. The van der Waals surface area contributed by atoms with Crippen LogP contribution in [-0.4, -0.2) is 46.0 Å². The zero-order valence-corrected chi connectivity index (χ0v) is 19.4. The Bertz CT molecular complexity index is 1710. The van der Waals surface area contributed by atoms with Crippen LogP contribution in [0.5, 0.6) is 0 Å². The number of fused-ring (bicyclic) bond motifs is 2. The van der Waals surface area contributed by atoms with Crippen LogP contribution in [0.25, 0.3) is 56.0 Å². The lowest BCUT2D eigenvalue weighted by molar-refractivity contribution is -0.116. The van der Waals surface area contributed by atoms with Gasteiger partial charge in [0.15, 0.2) is 11.5 Å². The first-order chi connectivity index (χ1) is 17.7. The first kappa shape index (κ1) is 21.5. The van der Waals surface area contributed by atoms with Crippen molar-refractivity contribution in [3.8, 4) is 33.9 Å². The summed E-state index contributed by atoms with van der Waals surface area (Å²) in [4.78, 5) is 37.5. The van der Waals surface area contributed by atoms with Crippen molar-refractivity contribution in [2.24, 2.45) is 0 Å². The van der Waals surface area contributed by atoms with E-state index in [1.165, 1.54) is 0 Å². The molecule has 0 spiro atoms. The van der Waals surface area contributed by atoms with Crippen LogP contribution in [0, 0.1) is 0 Å².